The fraction of sp³-hybridized carbons (Fsp3) is 0.462. The molecule has 0 aliphatic rings. The van der Waals surface area contributed by atoms with E-state index in [2.05, 4.69) is 41.4 Å². The van der Waals surface area contributed by atoms with Gasteiger partial charge in [-0.25, -0.2) is 9.97 Å². The zero-order chi connectivity index (χ0) is 12.5. The van der Waals surface area contributed by atoms with Gasteiger partial charge in [0, 0.05) is 11.7 Å². The summed E-state index contributed by atoms with van der Waals surface area (Å²) in [7, 11) is 0. The first-order chi connectivity index (χ1) is 8.16. The Morgan fingerprint density at radius 2 is 2.06 bits per heavy atom. The number of fused-ring (bicyclic) bond motifs is 1. The molecule has 0 bridgehead atoms. The molecule has 2 rings (SSSR count). The van der Waals surface area contributed by atoms with Gasteiger partial charge in [0.1, 0.15) is 11.6 Å². The molecule has 0 aromatic carbocycles. The summed E-state index contributed by atoms with van der Waals surface area (Å²) in [5.41, 5.74) is 2.13. The first-order valence-corrected chi connectivity index (χ1v) is 5.89. The summed E-state index contributed by atoms with van der Waals surface area (Å²) in [5, 5.41) is 9.00. The number of imidazole rings is 1. The average molecular weight is 228 g/mol. The Morgan fingerprint density at radius 1 is 1.35 bits per heavy atom. The van der Waals surface area contributed by atoms with Crippen LogP contribution in [0.4, 0.5) is 0 Å². The van der Waals surface area contributed by atoms with Gasteiger partial charge in [-0.05, 0) is 25.8 Å². The number of hydrogen-bond acceptors (Lipinski definition) is 3. The van der Waals surface area contributed by atoms with Crippen LogP contribution in [0.5, 0.6) is 0 Å². The van der Waals surface area contributed by atoms with E-state index in [4.69, 9.17) is 5.26 Å². The van der Waals surface area contributed by atoms with Crippen LogP contribution in [0.3, 0.4) is 0 Å². The number of pyridine rings is 1. The average Bonchev–Trinajstić information content (AvgIpc) is 2.82. The van der Waals surface area contributed by atoms with Crippen molar-refractivity contribution in [3.05, 3.63) is 24.3 Å². The molecule has 0 radical (unpaired) electrons. The number of aromatic nitrogens is 3. The highest BCUT2D eigenvalue weighted by Gasteiger charge is 2.24. The van der Waals surface area contributed by atoms with Crippen molar-refractivity contribution in [2.24, 2.45) is 0 Å². The molecule has 0 N–H and O–H groups in total. The molecule has 0 atom stereocenters. The SMILES string of the molecule is CCC(C)(CC)n1cnc2c(C#N)nccc21. The molecule has 0 aliphatic carbocycles. The van der Waals surface area contributed by atoms with Crippen LogP contribution in [0.2, 0.25) is 0 Å². The van der Waals surface area contributed by atoms with Gasteiger partial charge >= 0.3 is 0 Å². The molecule has 4 heteroatoms. The van der Waals surface area contributed by atoms with E-state index in [-0.39, 0.29) is 5.54 Å². The highest BCUT2D eigenvalue weighted by atomic mass is 15.1. The van der Waals surface area contributed by atoms with Crippen molar-refractivity contribution in [3.8, 4) is 6.07 Å². The Kier molecular flexibility index (Phi) is 2.84. The Morgan fingerprint density at radius 3 is 2.65 bits per heavy atom. The standard InChI is InChI=1S/C13H16N4/c1-4-13(3,5-2)17-9-16-12-10(8-14)15-7-6-11(12)17/h6-7,9H,4-5H2,1-3H3. The second kappa shape index (κ2) is 4.17. The van der Waals surface area contributed by atoms with Crippen LogP contribution in [-0.2, 0) is 5.54 Å². The van der Waals surface area contributed by atoms with Crippen LogP contribution >= 0.6 is 0 Å². The highest BCUT2D eigenvalue weighted by Crippen LogP contribution is 2.28. The summed E-state index contributed by atoms with van der Waals surface area (Å²) < 4.78 is 2.16. The Bertz CT molecular complexity index is 573. The van der Waals surface area contributed by atoms with Crippen molar-refractivity contribution >= 4 is 11.0 Å². The van der Waals surface area contributed by atoms with E-state index in [1.807, 2.05) is 12.4 Å². The van der Waals surface area contributed by atoms with Gasteiger partial charge in [-0.3, -0.25) is 0 Å². The van der Waals surface area contributed by atoms with Gasteiger partial charge in [-0.2, -0.15) is 5.26 Å². The molecule has 0 unspecified atom stereocenters. The van der Waals surface area contributed by atoms with Gasteiger partial charge in [0.25, 0.3) is 0 Å². The number of nitrogens with zero attached hydrogens (tertiary/aromatic N) is 4. The number of rotatable bonds is 3. The van der Waals surface area contributed by atoms with Crippen molar-refractivity contribution in [1.82, 2.24) is 14.5 Å². The second-order valence-electron chi connectivity index (χ2n) is 4.46. The minimum atomic E-state index is 0.0445. The van der Waals surface area contributed by atoms with Gasteiger partial charge in [0.15, 0.2) is 5.69 Å². The molecule has 0 saturated heterocycles. The van der Waals surface area contributed by atoms with E-state index >= 15 is 0 Å². The second-order valence-corrected chi connectivity index (χ2v) is 4.46. The minimum Gasteiger partial charge on any atom is -0.325 e. The minimum absolute atomic E-state index is 0.0445. The van der Waals surface area contributed by atoms with Crippen LogP contribution in [0, 0.1) is 11.3 Å². The molecule has 88 valence electrons. The normalized spacial score (nSPS) is 11.6. The zero-order valence-electron chi connectivity index (χ0n) is 10.4. The quantitative estimate of drug-likeness (QED) is 0.811. The third-order valence-corrected chi connectivity index (χ3v) is 3.68. The van der Waals surface area contributed by atoms with E-state index in [1.165, 1.54) is 0 Å². The van der Waals surface area contributed by atoms with Gasteiger partial charge in [-0.15, -0.1) is 0 Å². The predicted octanol–water partition coefficient (Wildman–Crippen LogP) is 2.84. The third-order valence-electron chi connectivity index (χ3n) is 3.68. The van der Waals surface area contributed by atoms with E-state index in [0.717, 1.165) is 18.4 Å². The summed E-state index contributed by atoms with van der Waals surface area (Å²) in [6.45, 7) is 6.55. The van der Waals surface area contributed by atoms with Gasteiger partial charge in [-0.1, -0.05) is 13.8 Å². The van der Waals surface area contributed by atoms with Crippen LogP contribution in [-0.4, -0.2) is 14.5 Å². The zero-order valence-corrected chi connectivity index (χ0v) is 10.4. The molecule has 0 saturated carbocycles. The Hall–Kier alpha value is -1.89. The van der Waals surface area contributed by atoms with Gasteiger partial charge < -0.3 is 4.57 Å². The lowest BCUT2D eigenvalue weighted by Gasteiger charge is -2.29. The van der Waals surface area contributed by atoms with Crippen LogP contribution in [0.15, 0.2) is 18.6 Å². The van der Waals surface area contributed by atoms with Gasteiger partial charge in [0.05, 0.1) is 11.8 Å². The van der Waals surface area contributed by atoms with E-state index in [1.54, 1.807) is 6.20 Å². The molecule has 2 heterocycles. The Labute approximate surface area is 101 Å². The molecule has 0 aliphatic heterocycles. The van der Waals surface area contributed by atoms with Crippen molar-refractivity contribution in [2.45, 2.75) is 39.2 Å². The monoisotopic (exact) mass is 228 g/mol. The fourth-order valence-corrected chi connectivity index (χ4v) is 2.05. The largest absolute Gasteiger partial charge is 0.325 e. The van der Waals surface area contributed by atoms with Crippen LogP contribution in [0.1, 0.15) is 39.3 Å². The van der Waals surface area contributed by atoms with E-state index < -0.39 is 0 Å². The lowest BCUT2D eigenvalue weighted by atomic mass is 9.95. The smallest absolute Gasteiger partial charge is 0.168 e. The van der Waals surface area contributed by atoms with Crippen molar-refractivity contribution in [1.29, 1.82) is 5.26 Å². The summed E-state index contributed by atoms with van der Waals surface area (Å²) in [6, 6.07) is 4.01. The molecule has 0 spiro atoms. The summed E-state index contributed by atoms with van der Waals surface area (Å²) in [4.78, 5) is 8.36. The maximum Gasteiger partial charge on any atom is 0.168 e. The topological polar surface area (TPSA) is 54.5 Å². The van der Waals surface area contributed by atoms with E-state index in [0.29, 0.717) is 11.2 Å². The molecule has 0 amide bonds. The van der Waals surface area contributed by atoms with Crippen molar-refractivity contribution in [3.63, 3.8) is 0 Å². The van der Waals surface area contributed by atoms with E-state index in [9.17, 15) is 0 Å². The molecule has 4 nitrogen and oxygen atoms in total. The van der Waals surface area contributed by atoms with Crippen LogP contribution < -0.4 is 0 Å². The summed E-state index contributed by atoms with van der Waals surface area (Å²) >= 11 is 0. The molecule has 2 aromatic rings. The van der Waals surface area contributed by atoms with Crippen molar-refractivity contribution < 1.29 is 0 Å². The Balaban J connectivity index is 2.70. The van der Waals surface area contributed by atoms with Crippen LogP contribution in [0.25, 0.3) is 11.0 Å². The highest BCUT2D eigenvalue weighted by molar-refractivity contribution is 5.79. The molecule has 17 heavy (non-hydrogen) atoms. The maximum atomic E-state index is 9.00. The summed E-state index contributed by atoms with van der Waals surface area (Å²) in [6.07, 6.45) is 5.54. The third kappa shape index (κ3) is 1.68. The number of nitriles is 1. The summed E-state index contributed by atoms with van der Waals surface area (Å²) in [5.74, 6) is 0. The first-order valence-electron chi connectivity index (χ1n) is 5.89. The lowest BCUT2D eigenvalue weighted by molar-refractivity contribution is 0.302. The molecule has 2 aromatic heterocycles. The lowest BCUT2D eigenvalue weighted by Crippen LogP contribution is -2.27. The predicted molar refractivity (Wildman–Crippen MR) is 66.5 cm³/mol. The molecule has 0 fully saturated rings. The van der Waals surface area contributed by atoms with Crippen molar-refractivity contribution in [2.75, 3.05) is 0 Å². The fourth-order valence-electron chi connectivity index (χ4n) is 2.05. The number of hydrogen-bond donors (Lipinski definition) is 0. The molecular weight excluding hydrogens is 212 g/mol. The maximum absolute atomic E-state index is 9.00. The van der Waals surface area contributed by atoms with Gasteiger partial charge in [0.2, 0.25) is 0 Å². The molecular formula is C13H16N4. The first kappa shape index (κ1) is 11.6.